The van der Waals surface area contributed by atoms with Gasteiger partial charge < -0.3 is 5.32 Å². The van der Waals surface area contributed by atoms with Gasteiger partial charge in [-0.15, -0.1) is 11.3 Å². The molecule has 18 heavy (non-hydrogen) atoms. The van der Waals surface area contributed by atoms with Crippen LogP contribution in [0, 0.1) is 5.92 Å². The molecule has 1 N–H and O–H groups in total. The van der Waals surface area contributed by atoms with Crippen LogP contribution in [0.5, 0.6) is 0 Å². The highest BCUT2D eigenvalue weighted by atomic mass is 79.9. The van der Waals surface area contributed by atoms with Gasteiger partial charge in [0.15, 0.2) is 0 Å². The summed E-state index contributed by atoms with van der Waals surface area (Å²) in [6.45, 7) is 7.89. The van der Waals surface area contributed by atoms with Crippen LogP contribution < -0.4 is 5.32 Å². The lowest BCUT2D eigenvalue weighted by Crippen LogP contribution is -2.37. The minimum absolute atomic E-state index is 0.636. The van der Waals surface area contributed by atoms with Crippen molar-refractivity contribution in [2.24, 2.45) is 5.92 Å². The minimum Gasteiger partial charge on any atom is -0.314 e. The summed E-state index contributed by atoms with van der Waals surface area (Å²) in [5.74, 6) is 0.811. The summed E-state index contributed by atoms with van der Waals surface area (Å²) in [7, 11) is 0. The molecule has 0 aliphatic rings. The predicted molar refractivity (Wildman–Crippen MR) is 86.5 cm³/mol. The Morgan fingerprint density at radius 3 is 2.56 bits per heavy atom. The molecule has 0 aliphatic carbocycles. The van der Waals surface area contributed by atoms with Crippen molar-refractivity contribution in [3.05, 3.63) is 20.8 Å². The van der Waals surface area contributed by atoms with Crippen molar-refractivity contribution >= 4 is 27.3 Å². The molecule has 0 saturated heterocycles. The van der Waals surface area contributed by atoms with Crippen LogP contribution in [0.25, 0.3) is 0 Å². The fourth-order valence-electron chi connectivity index (χ4n) is 2.50. The summed E-state index contributed by atoms with van der Waals surface area (Å²) in [5, 5.41) is 3.69. The van der Waals surface area contributed by atoms with Crippen LogP contribution in [0.15, 0.2) is 15.9 Å². The molecule has 2 unspecified atom stereocenters. The third-order valence-corrected chi connectivity index (χ3v) is 5.18. The first-order valence-corrected chi connectivity index (χ1v) is 8.79. The fraction of sp³-hybridized carbons (Fsp3) is 0.733. The number of unbranched alkanes of at least 4 members (excludes halogenated alkanes) is 1. The lowest BCUT2D eigenvalue weighted by atomic mass is 9.89. The van der Waals surface area contributed by atoms with E-state index in [4.69, 9.17) is 0 Å². The lowest BCUT2D eigenvalue weighted by molar-refractivity contribution is 0.321. The van der Waals surface area contributed by atoms with E-state index in [2.05, 4.69) is 54.2 Å². The average Bonchev–Trinajstić information content (AvgIpc) is 2.76. The Labute approximate surface area is 125 Å². The highest BCUT2D eigenvalue weighted by Gasteiger charge is 2.19. The molecule has 3 heteroatoms. The molecule has 104 valence electrons. The quantitative estimate of drug-likeness (QED) is 0.651. The molecule has 0 aromatic carbocycles. The van der Waals surface area contributed by atoms with Crippen molar-refractivity contribution in [3.8, 4) is 0 Å². The van der Waals surface area contributed by atoms with Crippen LogP contribution in [0.2, 0.25) is 0 Å². The van der Waals surface area contributed by atoms with Gasteiger partial charge in [0, 0.05) is 10.9 Å². The fourth-order valence-corrected chi connectivity index (χ4v) is 4.04. The maximum absolute atomic E-state index is 3.69. The van der Waals surface area contributed by atoms with Gasteiger partial charge in [0.1, 0.15) is 0 Å². The number of nitrogens with one attached hydrogen (secondary N) is 1. The predicted octanol–water partition coefficient (Wildman–Crippen LogP) is 5.25. The maximum Gasteiger partial charge on any atom is 0.0701 e. The van der Waals surface area contributed by atoms with Crippen molar-refractivity contribution < 1.29 is 0 Å². The summed E-state index contributed by atoms with van der Waals surface area (Å²) in [6.07, 6.45) is 6.47. The molecular weight excluding hydrogens is 306 g/mol. The second kappa shape index (κ2) is 9.11. The van der Waals surface area contributed by atoms with Crippen LogP contribution in [-0.2, 0) is 6.42 Å². The SMILES string of the molecule is CCCCC(CC)C(Cc1ccc(Br)s1)NCC. The van der Waals surface area contributed by atoms with Crippen LogP contribution in [0.3, 0.4) is 0 Å². The summed E-state index contributed by atoms with van der Waals surface area (Å²) < 4.78 is 1.24. The van der Waals surface area contributed by atoms with Gasteiger partial charge in [-0.05, 0) is 53.4 Å². The molecule has 0 bridgehead atoms. The summed E-state index contributed by atoms with van der Waals surface area (Å²) in [4.78, 5) is 1.49. The molecule has 0 fully saturated rings. The van der Waals surface area contributed by atoms with Crippen LogP contribution in [-0.4, -0.2) is 12.6 Å². The van der Waals surface area contributed by atoms with Crippen LogP contribution in [0.4, 0.5) is 0 Å². The van der Waals surface area contributed by atoms with Gasteiger partial charge in [-0.3, -0.25) is 0 Å². The van der Waals surface area contributed by atoms with Gasteiger partial charge >= 0.3 is 0 Å². The Morgan fingerprint density at radius 2 is 2.06 bits per heavy atom. The van der Waals surface area contributed by atoms with Crippen LogP contribution >= 0.6 is 27.3 Å². The Balaban J connectivity index is 2.61. The molecule has 0 aliphatic heterocycles. The van der Waals surface area contributed by atoms with E-state index in [-0.39, 0.29) is 0 Å². The number of thiophene rings is 1. The lowest BCUT2D eigenvalue weighted by Gasteiger charge is -2.26. The number of likely N-dealkylation sites (N-methyl/N-ethyl adjacent to an activating group) is 1. The van der Waals surface area contributed by atoms with Crippen LogP contribution in [0.1, 0.15) is 51.3 Å². The molecule has 1 heterocycles. The van der Waals surface area contributed by atoms with Gasteiger partial charge in [0.2, 0.25) is 0 Å². The summed E-state index contributed by atoms with van der Waals surface area (Å²) in [6, 6.07) is 5.05. The van der Waals surface area contributed by atoms with Crippen molar-refractivity contribution in [3.63, 3.8) is 0 Å². The topological polar surface area (TPSA) is 12.0 Å². The van der Waals surface area contributed by atoms with E-state index in [9.17, 15) is 0 Å². The second-order valence-corrected chi connectivity index (χ2v) is 7.43. The van der Waals surface area contributed by atoms with E-state index in [0.717, 1.165) is 12.5 Å². The third-order valence-electron chi connectivity index (χ3n) is 3.54. The third kappa shape index (κ3) is 5.41. The average molecular weight is 332 g/mol. The molecule has 0 saturated carbocycles. The largest absolute Gasteiger partial charge is 0.314 e. The Hall–Kier alpha value is 0.140. The highest BCUT2D eigenvalue weighted by Crippen LogP contribution is 2.26. The second-order valence-electron chi connectivity index (χ2n) is 4.88. The van der Waals surface area contributed by atoms with E-state index >= 15 is 0 Å². The first-order chi connectivity index (χ1) is 8.71. The van der Waals surface area contributed by atoms with E-state index in [1.165, 1.54) is 40.8 Å². The Kier molecular flexibility index (Phi) is 8.20. The Bertz CT molecular complexity index is 324. The molecule has 1 aromatic rings. The number of halogens is 1. The molecule has 0 radical (unpaired) electrons. The maximum atomic E-state index is 3.69. The molecule has 0 spiro atoms. The van der Waals surface area contributed by atoms with Crippen molar-refractivity contribution in [1.29, 1.82) is 0 Å². The zero-order valence-corrected chi connectivity index (χ0v) is 14.2. The molecule has 2 atom stereocenters. The molecule has 1 nitrogen and oxygen atoms in total. The van der Waals surface area contributed by atoms with Crippen molar-refractivity contribution in [1.82, 2.24) is 5.32 Å². The van der Waals surface area contributed by atoms with Gasteiger partial charge in [-0.25, -0.2) is 0 Å². The zero-order valence-electron chi connectivity index (χ0n) is 11.8. The molecular formula is C15H26BrNS. The molecule has 1 rings (SSSR count). The van der Waals surface area contributed by atoms with Gasteiger partial charge in [-0.1, -0.05) is 40.0 Å². The number of hydrogen-bond acceptors (Lipinski definition) is 2. The summed E-state index contributed by atoms with van der Waals surface area (Å²) >= 11 is 5.43. The minimum atomic E-state index is 0.636. The van der Waals surface area contributed by atoms with E-state index < -0.39 is 0 Å². The van der Waals surface area contributed by atoms with E-state index in [1.807, 2.05) is 11.3 Å². The number of hydrogen-bond donors (Lipinski definition) is 1. The molecule has 1 aromatic heterocycles. The van der Waals surface area contributed by atoms with Gasteiger partial charge in [-0.2, -0.15) is 0 Å². The van der Waals surface area contributed by atoms with Gasteiger partial charge in [0.25, 0.3) is 0 Å². The van der Waals surface area contributed by atoms with Crippen molar-refractivity contribution in [2.75, 3.05) is 6.54 Å². The number of rotatable bonds is 9. The smallest absolute Gasteiger partial charge is 0.0701 e. The first-order valence-electron chi connectivity index (χ1n) is 7.18. The molecule has 0 amide bonds. The standard InChI is InChI=1S/C15H26BrNS/c1-4-7-8-12(5-2)14(17-6-3)11-13-9-10-15(16)18-13/h9-10,12,14,17H,4-8,11H2,1-3H3. The van der Waals surface area contributed by atoms with E-state index in [1.54, 1.807) is 0 Å². The summed E-state index contributed by atoms with van der Waals surface area (Å²) in [5.41, 5.74) is 0. The Morgan fingerprint density at radius 1 is 1.28 bits per heavy atom. The monoisotopic (exact) mass is 331 g/mol. The highest BCUT2D eigenvalue weighted by molar-refractivity contribution is 9.11. The van der Waals surface area contributed by atoms with Crippen molar-refractivity contribution in [2.45, 2.75) is 58.9 Å². The van der Waals surface area contributed by atoms with Gasteiger partial charge in [0.05, 0.1) is 3.79 Å². The zero-order chi connectivity index (χ0) is 13.4. The normalized spacial score (nSPS) is 14.7. The van der Waals surface area contributed by atoms with E-state index in [0.29, 0.717) is 6.04 Å². The first kappa shape index (κ1) is 16.2.